The highest BCUT2D eigenvalue weighted by molar-refractivity contribution is 5.73. The number of piperidine rings is 1. The van der Waals surface area contributed by atoms with Crippen LogP contribution in [0.2, 0.25) is 0 Å². The lowest BCUT2D eigenvalue weighted by Gasteiger charge is -2.41. The summed E-state index contributed by atoms with van der Waals surface area (Å²) in [6.45, 7) is 5.53. The summed E-state index contributed by atoms with van der Waals surface area (Å²) in [6, 6.07) is 17.4. The SMILES string of the molecule is COc1ccccc1CCN[C@H]1CCCN(C(C)=O)[C@H]1Cc1ccc(C)cc1. The van der Waals surface area contributed by atoms with Crippen molar-refractivity contribution < 1.29 is 9.53 Å². The molecular weight excluding hydrogens is 348 g/mol. The van der Waals surface area contributed by atoms with Gasteiger partial charge in [-0.25, -0.2) is 0 Å². The van der Waals surface area contributed by atoms with Crippen LogP contribution in [0.3, 0.4) is 0 Å². The standard InChI is InChI=1S/C24H32N2O2/c1-18-10-12-20(13-11-18)17-23-22(8-6-16-26(23)19(2)27)25-15-14-21-7-4-5-9-24(21)28-3/h4-5,7,9-13,22-23,25H,6,8,14-17H2,1-3H3/t22-,23-/m0/s1. The predicted octanol–water partition coefficient (Wildman–Crippen LogP) is 3.76. The predicted molar refractivity (Wildman–Crippen MR) is 114 cm³/mol. The van der Waals surface area contributed by atoms with E-state index in [4.69, 9.17) is 4.74 Å². The maximum absolute atomic E-state index is 12.3. The van der Waals surface area contributed by atoms with E-state index in [1.807, 2.05) is 12.1 Å². The molecule has 0 aliphatic carbocycles. The highest BCUT2D eigenvalue weighted by Gasteiger charge is 2.32. The van der Waals surface area contributed by atoms with Gasteiger partial charge in [-0.2, -0.15) is 0 Å². The van der Waals surface area contributed by atoms with Gasteiger partial charge in [-0.1, -0.05) is 48.0 Å². The summed E-state index contributed by atoms with van der Waals surface area (Å²) in [4.78, 5) is 14.3. The molecule has 1 amide bonds. The first-order valence-corrected chi connectivity index (χ1v) is 10.3. The lowest BCUT2D eigenvalue weighted by atomic mass is 9.90. The molecule has 1 heterocycles. The fourth-order valence-corrected chi connectivity index (χ4v) is 4.21. The van der Waals surface area contributed by atoms with E-state index in [0.717, 1.165) is 44.5 Å². The second-order valence-corrected chi connectivity index (χ2v) is 7.73. The summed E-state index contributed by atoms with van der Waals surface area (Å²) in [6.07, 6.45) is 3.96. The van der Waals surface area contributed by atoms with Crippen molar-refractivity contribution >= 4 is 5.91 Å². The van der Waals surface area contributed by atoms with Crippen molar-refractivity contribution in [1.29, 1.82) is 0 Å². The first-order valence-electron chi connectivity index (χ1n) is 10.3. The average molecular weight is 381 g/mol. The Hall–Kier alpha value is -2.33. The number of ether oxygens (including phenoxy) is 1. The molecule has 2 atom stereocenters. The number of methoxy groups -OCH3 is 1. The second kappa shape index (κ2) is 9.74. The zero-order chi connectivity index (χ0) is 19.9. The van der Waals surface area contributed by atoms with E-state index in [1.165, 1.54) is 16.7 Å². The van der Waals surface area contributed by atoms with Gasteiger partial charge < -0.3 is 15.0 Å². The van der Waals surface area contributed by atoms with Crippen molar-refractivity contribution in [1.82, 2.24) is 10.2 Å². The summed E-state index contributed by atoms with van der Waals surface area (Å²) in [5.41, 5.74) is 3.77. The van der Waals surface area contributed by atoms with E-state index < -0.39 is 0 Å². The zero-order valence-electron chi connectivity index (χ0n) is 17.3. The second-order valence-electron chi connectivity index (χ2n) is 7.73. The molecule has 28 heavy (non-hydrogen) atoms. The van der Waals surface area contributed by atoms with Gasteiger partial charge >= 0.3 is 0 Å². The number of benzene rings is 2. The molecule has 1 fully saturated rings. The summed E-state index contributed by atoms with van der Waals surface area (Å²) in [5.74, 6) is 1.11. The van der Waals surface area contributed by atoms with Crippen LogP contribution in [0.5, 0.6) is 5.75 Å². The smallest absolute Gasteiger partial charge is 0.219 e. The van der Waals surface area contributed by atoms with Crippen molar-refractivity contribution in [2.24, 2.45) is 0 Å². The molecule has 150 valence electrons. The van der Waals surface area contributed by atoms with Gasteiger partial charge in [-0.3, -0.25) is 4.79 Å². The Morgan fingerprint density at radius 2 is 1.93 bits per heavy atom. The number of aryl methyl sites for hydroxylation is 1. The highest BCUT2D eigenvalue weighted by Crippen LogP contribution is 2.23. The van der Waals surface area contributed by atoms with Gasteiger partial charge in [0, 0.05) is 19.5 Å². The quantitative estimate of drug-likeness (QED) is 0.795. The number of carbonyl (C=O) groups is 1. The summed E-state index contributed by atoms with van der Waals surface area (Å²) in [5, 5.41) is 3.74. The Kier molecular flexibility index (Phi) is 7.10. The monoisotopic (exact) mass is 380 g/mol. The summed E-state index contributed by atoms with van der Waals surface area (Å²) < 4.78 is 5.47. The van der Waals surface area contributed by atoms with Crippen LogP contribution in [0.4, 0.5) is 0 Å². The molecule has 0 aromatic heterocycles. The number of carbonyl (C=O) groups excluding carboxylic acids is 1. The Balaban J connectivity index is 1.67. The van der Waals surface area contributed by atoms with Gasteiger partial charge in [-0.05, 0) is 56.3 Å². The third-order valence-corrected chi connectivity index (χ3v) is 5.74. The number of rotatable bonds is 7. The van der Waals surface area contributed by atoms with E-state index in [2.05, 4.69) is 53.5 Å². The molecule has 1 saturated heterocycles. The normalized spacial score (nSPS) is 19.5. The molecule has 0 unspecified atom stereocenters. The molecule has 4 nitrogen and oxygen atoms in total. The Morgan fingerprint density at radius 1 is 1.18 bits per heavy atom. The van der Waals surface area contributed by atoms with Crippen LogP contribution in [0.1, 0.15) is 36.5 Å². The van der Waals surface area contributed by atoms with Gasteiger partial charge in [0.1, 0.15) is 5.75 Å². The lowest BCUT2D eigenvalue weighted by Crippen LogP contribution is -2.56. The van der Waals surface area contributed by atoms with Crippen molar-refractivity contribution in [3.8, 4) is 5.75 Å². The van der Waals surface area contributed by atoms with E-state index in [9.17, 15) is 4.79 Å². The number of likely N-dealkylation sites (tertiary alicyclic amines) is 1. The number of para-hydroxylation sites is 1. The minimum absolute atomic E-state index is 0.174. The molecule has 2 aromatic carbocycles. The minimum Gasteiger partial charge on any atom is -0.496 e. The Morgan fingerprint density at radius 3 is 2.64 bits per heavy atom. The molecule has 4 heteroatoms. The van der Waals surface area contributed by atoms with Crippen molar-refractivity contribution in [3.05, 3.63) is 65.2 Å². The molecule has 0 saturated carbocycles. The third-order valence-electron chi connectivity index (χ3n) is 5.74. The molecule has 3 rings (SSSR count). The zero-order valence-corrected chi connectivity index (χ0v) is 17.3. The number of hydrogen-bond donors (Lipinski definition) is 1. The molecule has 0 spiro atoms. The van der Waals surface area contributed by atoms with Crippen LogP contribution in [0.25, 0.3) is 0 Å². The number of nitrogens with zero attached hydrogens (tertiary/aromatic N) is 1. The third kappa shape index (κ3) is 5.14. The topological polar surface area (TPSA) is 41.6 Å². The number of amides is 1. The highest BCUT2D eigenvalue weighted by atomic mass is 16.5. The number of hydrogen-bond acceptors (Lipinski definition) is 3. The van der Waals surface area contributed by atoms with Crippen molar-refractivity contribution in [2.45, 2.75) is 51.6 Å². The van der Waals surface area contributed by atoms with E-state index in [-0.39, 0.29) is 11.9 Å². The van der Waals surface area contributed by atoms with Crippen LogP contribution >= 0.6 is 0 Å². The fraction of sp³-hybridized carbons (Fsp3) is 0.458. The van der Waals surface area contributed by atoms with Crippen LogP contribution in [-0.2, 0) is 17.6 Å². The molecule has 2 aromatic rings. The summed E-state index contributed by atoms with van der Waals surface area (Å²) in [7, 11) is 1.72. The minimum atomic E-state index is 0.174. The van der Waals surface area contributed by atoms with Crippen LogP contribution in [0, 0.1) is 6.92 Å². The Bertz CT molecular complexity index is 772. The van der Waals surface area contributed by atoms with E-state index in [1.54, 1.807) is 14.0 Å². The first kappa shape index (κ1) is 20.4. The van der Waals surface area contributed by atoms with Gasteiger partial charge in [0.2, 0.25) is 5.91 Å². The average Bonchev–Trinajstić information content (AvgIpc) is 2.71. The van der Waals surface area contributed by atoms with Crippen molar-refractivity contribution in [2.75, 3.05) is 20.2 Å². The molecule has 1 N–H and O–H groups in total. The van der Waals surface area contributed by atoms with Gasteiger partial charge in [0.15, 0.2) is 0 Å². The van der Waals surface area contributed by atoms with Crippen LogP contribution < -0.4 is 10.1 Å². The molecule has 0 radical (unpaired) electrons. The van der Waals surface area contributed by atoms with Crippen molar-refractivity contribution in [3.63, 3.8) is 0 Å². The molecular formula is C24H32N2O2. The fourth-order valence-electron chi connectivity index (χ4n) is 4.21. The molecule has 1 aliphatic heterocycles. The maximum atomic E-state index is 12.3. The Labute approximate surface area is 168 Å². The van der Waals surface area contributed by atoms with Gasteiger partial charge in [-0.15, -0.1) is 0 Å². The van der Waals surface area contributed by atoms with Gasteiger partial charge in [0.25, 0.3) is 0 Å². The van der Waals surface area contributed by atoms with E-state index in [0.29, 0.717) is 6.04 Å². The molecule has 1 aliphatic rings. The lowest BCUT2D eigenvalue weighted by molar-refractivity contribution is -0.133. The maximum Gasteiger partial charge on any atom is 0.219 e. The largest absolute Gasteiger partial charge is 0.496 e. The summed E-state index contributed by atoms with van der Waals surface area (Å²) >= 11 is 0. The van der Waals surface area contributed by atoms with Crippen LogP contribution in [-0.4, -0.2) is 43.1 Å². The first-order chi connectivity index (χ1) is 13.6. The molecule has 0 bridgehead atoms. The van der Waals surface area contributed by atoms with Gasteiger partial charge in [0.05, 0.1) is 13.2 Å². The number of nitrogens with one attached hydrogen (secondary N) is 1. The van der Waals surface area contributed by atoms with E-state index >= 15 is 0 Å². The van der Waals surface area contributed by atoms with Crippen LogP contribution in [0.15, 0.2) is 48.5 Å².